The molecule has 0 aromatic heterocycles. The highest BCUT2D eigenvalue weighted by molar-refractivity contribution is 7.84. The number of carboxylic acid groups (broad SMARTS) is 1. The van der Waals surface area contributed by atoms with Crippen LogP contribution in [0.3, 0.4) is 0 Å². The first-order valence-electron chi connectivity index (χ1n) is 2.41. The SMILES string of the molecule is CC(S)=C(CN)C(=O)O. The van der Waals surface area contributed by atoms with Gasteiger partial charge in [0.2, 0.25) is 0 Å². The molecule has 0 fully saturated rings. The lowest BCUT2D eigenvalue weighted by Gasteiger charge is -1.97. The summed E-state index contributed by atoms with van der Waals surface area (Å²) in [4.78, 5) is 10.6. The van der Waals surface area contributed by atoms with Gasteiger partial charge in [0.05, 0.1) is 5.57 Å². The third-order valence-corrected chi connectivity index (χ3v) is 1.17. The molecule has 0 unspecified atom stereocenters. The van der Waals surface area contributed by atoms with Crippen LogP contribution in [0.4, 0.5) is 0 Å². The number of carbonyl (C=O) groups is 1. The van der Waals surface area contributed by atoms with Gasteiger partial charge in [0.15, 0.2) is 0 Å². The van der Waals surface area contributed by atoms with Crippen molar-refractivity contribution in [2.45, 2.75) is 6.92 Å². The highest BCUT2D eigenvalue weighted by atomic mass is 32.1. The summed E-state index contributed by atoms with van der Waals surface area (Å²) >= 11 is 3.83. The van der Waals surface area contributed by atoms with Crippen molar-refractivity contribution in [3.63, 3.8) is 0 Å². The summed E-state index contributed by atoms with van der Waals surface area (Å²) in [5.41, 5.74) is 5.25. The van der Waals surface area contributed by atoms with E-state index in [-0.39, 0.29) is 12.1 Å². The van der Waals surface area contributed by atoms with Crippen molar-refractivity contribution >= 4 is 18.6 Å². The van der Waals surface area contributed by atoms with Gasteiger partial charge in [0.25, 0.3) is 0 Å². The Morgan fingerprint density at radius 1 is 1.78 bits per heavy atom. The molecule has 4 heteroatoms. The van der Waals surface area contributed by atoms with Crippen LogP contribution >= 0.6 is 12.6 Å². The summed E-state index contributed by atoms with van der Waals surface area (Å²) in [7, 11) is 0. The van der Waals surface area contributed by atoms with Gasteiger partial charge >= 0.3 is 5.97 Å². The van der Waals surface area contributed by atoms with Crippen LogP contribution in [0.1, 0.15) is 6.92 Å². The van der Waals surface area contributed by atoms with E-state index < -0.39 is 5.97 Å². The molecule has 0 bridgehead atoms. The summed E-state index contributed by atoms with van der Waals surface area (Å²) in [5, 5.41) is 8.36. The predicted octanol–water partition coefficient (Wildman–Crippen LogP) is 0.234. The molecule has 3 N–H and O–H groups in total. The van der Waals surface area contributed by atoms with Gasteiger partial charge in [-0.2, -0.15) is 0 Å². The number of thiol groups is 1. The van der Waals surface area contributed by atoms with Gasteiger partial charge in [-0.1, -0.05) is 0 Å². The Bertz CT molecular complexity index is 149. The predicted molar refractivity (Wildman–Crippen MR) is 38.4 cm³/mol. The summed E-state index contributed by atoms with van der Waals surface area (Å²) < 4.78 is 0. The van der Waals surface area contributed by atoms with E-state index in [1.807, 2.05) is 0 Å². The van der Waals surface area contributed by atoms with E-state index in [1.54, 1.807) is 6.92 Å². The maximum atomic E-state index is 10.2. The number of hydrogen-bond donors (Lipinski definition) is 3. The first kappa shape index (κ1) is 8.52. The molecule has 0 saturated heterocycles. The quantitative estimate of drug-likeness (QED) is 0.387. The number of rotatable bonds is 2. The average Bonchev–Trinajstić information content (AvgIpc) is 1.64. The molecule has 3 nitrogen and oxygen atoms in total. The molecule has 0 aromatic carbocycles. The van der Waals surface area contributed by atoms with E-state index in [2.05, 4.69) is 12.6 Å². The first-order valence-corrected chi connectivity index (χ1v) is 2.86. The van der Waals surface area contributed by atoms with Crippen LogP contribution in [0.15, 0.2) is 10.5 Å². The second-order valence-electron chi connectivity index (χ2n) is 1.57. The normalized spacial score (nSPS) is 12.8. The minimum absolute atomic E-state index is 0.0324. The maximum Gasteiger partial charge on any atom is 0.333 e. The number of aliphatic carboxylic acids is 1. The molecular formula is C5H9NO2S. The molecule has 0 spiro atoms. The fraction of sp³-hybridized carbons (Fsp3) is 0.400. The van der Waals surface area contributed by atoms with Crippen LogP contribution in [-0.4, -0.2) is 17.6 Å². The van der Waals surface area contributed by atoms with E-state index in [0.717, 1.165) is 0 Å². The highest BCUT2D eigenvalue weighted by Gasteiger charge is 2.05. The minimum atomic E-state index is -0.995. The Hall–Kier alpha value is -0.480. The molecule has 52 valence electrons. The Kier molecular flexibility index (Phi) is 3.34. The number of carboxylic acids is 1. The third kappa shape index (κ3) is 2.53. The van der Waals surface area contributed by atoms with Crippen LogP contribution in [0.5, 0.6) is 0 Å². The average molecular weight is 147 g/mol. The maximum absolute atomic E-state index is 10.2. The van der Waals surface area contributed by atoms with Gasteiger partial charge < -0.3 is 10.8 Å². The van der Waals surface area contributed by atoms with Gasteiger partial charge in [0, 0.05) is 6.54 Å². The fourth-order valence-electron chi connectivity index (χ4n) is 0.390. The second-order valence-corrected chi connectivity index (χ2v) is 2.24. The van der Waals surface area contributed by atoms with Gasteiger partial charge in [0.1, 0.15) is 0 Å². The van der Waals surface area contributed by atoms with Gasteiger partial charge in [-0.05, 0) is 11.8 Å². The molecule has 0 aromatic rings. The van der Waals surface area contributed by atoms with Crippen molar-refractivity contribution < 1.29 is 9.90 Å². The monoisotopic (exact) mass is 147 g/mol. The standard InChI is InChI=1S/C5H9NO2S/c1-3(9)4(2-6)5(7)8/h9H,2,6H2,1H3,(H,7,8). The number of nitrogens with two attached hydrogens (primary N) is 1. The minimum Gasteiger partial charge on any atom is -0.478 e. The van der Waals surface area contributed by atoms with Crippen LogP contribution in [0.25, 0.3) is 0 Å². The molecule has 0 aliphatic carbocycles. The molecule has 0 saturated carbocycles. The van der Waals surface area contributed by atoms with Gasteiger partial charge in [-0.15, -0.1) is 12.6 Å². The van der Waals surface area contributed by atoms with Crippen molar-refractivity contribution in [1.82, 2.24) is 0 Å². The molecule has 0 amide bonds. The molecule has 0 aliphatic rings. The van der Waals surface area contributed by atoms with Crippen LogP contribution in [0, 0.1) is 0 Å². The topological polar surface area (TPSA) is 63.3 Å². The fourth-order valence-corrected chi connectivity index (χ4v) is 0.577. The molecule has 0 radical (unpaired) electrons. The molecule has 0 rings (SSSR count). The van der Waals surface area contributed by atoms with E-state index >= 15 is 0 Å². The lowest BCUT2D eigenvalue weighted by atomic mass is 10.2. The Labute approximate surface area is 59.0 Å². The molecule has 0 heterocycles. The second kappa shape index (κ2) is 3.53. The van der Waals surface area contributed by atoms with E-state index in [4.69, 9.17) is 10.8 Å². The summed E-state index contributed by atoms with van der Waals surface area (Å²) in [6, 6.07) is 0. The Morgan fingerprint density at radius 2 is 2.22 bits per heavy atom. The largest absolute Gasteiger partial charge is 0.478 e. The first-order chi connectivity index (χ1) is 4.09. The Morgan fingerprint density at radius 3 is 2.22 bits per heavy atom. The molecule has 9 heavy (non-hydrogen) atoms. The van der Waals surface area contributed by atoms with Gasteiger partial charge in [-0.3, -0.25) is 0 Å². The Balaban J connectivity index is 4.35. The van der Waals surface area contributed by atoms with Crippen molar-refractivity contribution in [2.24, 2.45) is 5.73 Å². The number of hydrogen-bond acceptors (Lipinski definition) is 3. The zero-order valence-electron chi connectivity index (χ0n) is 5.09. The number of allylic oxidation sites excluding steroid dienone is 1. The van der Waals surface area contributed by atoms with Crippen LogP contribution < -0.4 is 5.73 Å². The summed E-state index contributed by atoms with van der Waals surface area (Å²) in [5.74, 6) is -0.995. The van der Waals surface area contributed by atoms with E-state index in [1.165, 1.54) is 0 Å². The van der Waals surface area contributed by atoms with E-state index in [9.17, 15) is 4.79 Å². The highest BCUT2D eigenvalue weighted by Crippen LogP contribution is 2.05. The smallest absolute Gasteiger partial charge is 0.333 e. The van der Waals surface area contributed by atoms with E-state index in [0.29, 0.717) is 4.91 Å². The third-order valence-electron chi connectivity index (χ3n) is 0.899. The van der Waals surface area contributed by atoms with Crippen molar-refractivity contribution in [3.05, 3.63) is 10.5 Å². The molecule has 0 aliphatic heterocycles. The van der Waals surface area contributed by atoms with Crippen molar-refractivity contribution in [1.29, 1.82) is 0 Å². The lowest BCUT2D eigenvalue weighted by Crippen LogP contribution is -2.12. The van der Waals surface area contributed by atoms with Crippen molar-refractivity contribution in [2.75, 3.05) is 6.54 Å². The summed E-state index contributed by atoms with van der Waals surface area (Å²) in [6.45, 7) is 1.63. The molecule has 0 atom stereocenters. The van der Waals surface area contributed by atoms with Gasteiger partial charge in [-0.25, -0.2) is 4.79 Å². The van der Waals surface area contributed by atoms with Crippen LogP contribution in [-0.2, 0) is 4.79 Å². The molecular weight excluding hydrogens is 138 g/mol. The zero-order valence-corrected chi connectivity index (χ0v) is 5.98. The lowest BCUT2D eigenvalue weighted by molar-refractivity contribution is -0.132. The van der Waals surface area contributed by atoms with Crippen molar-refractivity contribution in [3.8, 4) is 0 Å². The zero-order chi connectivity index (χ0) is 7.44. The summed E-state index contributed by atoms with van der Waals surface area (Å²) in [6.07, 6.45) is 0. The van der Waals surface area contributed by atoms with Crippen LogP contribution in [0.2, 0.25) is 0 Å².